The Morgan fingerprint density at radius 2 is 1.65 bits per heavy atom. The van der Waals surface area contributed by atoms with E-state index in [1.807, 2.05) is 13.8 Å². The molecule has 0 aromatic heterocycles. The molecule has 0 amide bonds. The summed E-state index contributed by atoms with van der Waals surface area (Å²) in [6.45, 7) is 6.71. The molecule has 0 aromatic carbocycles. The van der Waals surface area contributed by atoms with E-state index >= 15 is 0 Å². The highest BCUT2D eigenvalue weighted by atomic mass is 31.2. The minimum atomic E-state index is -3.07. The Labute approximate surface area is 105 Å². The molecule has 0 rings (SSSR count). The van der Waals surface area contributed by atoms with Crippen molar-refractivity contribution >= 4 is 7.60 Å². The third-order valence-electron chi connectivity index (χ3n) is 2.29. The number of rotatable bonds is 10. The molecule has 0 aliphatic rings. The minimum absolute atomic E-state index is 0.191. The molecule has 0 fully saturated rings. The monoisotopic (exact) mass is 261 g/mol. The zero-order valence-electron chi connectivity index (χ0n) is 11.1. The Balaban J connectivity index is 4.25. The van der Waals surface area contributed by atoms with Crippen LogP contribution in [0.2, 0.25) is 0 Å². The quantitative estimate of drug-likeness (QED) is 0.441. The van der Waals surface area contributed by atoms with Gasteiger partial charge in [-0.3, -0.25) is 4.57 Å². The Hall–Kier alpha value is -0.360. The van der Waals surface area contributed by atoms with Gasteiger partial charge < -0.3 is 9.05 Å². The summed E-state index contributed by atoms with van der Waals surface area (Å²) in [6.07, 6.45) is 3.90. The molecule has 0 saturated carbocycles. The van der Waals surface area contributed by atoms with Crippen molar-refractivity contribution in [3.05, 3.63) is 0 Å². The molecule has 0 aromatic rings. The summed E-state index contributed by atoms with van der Waals surface area (Å²) in [5.74, 6) is -0.302. The van der Waals surface area contributed by atoms with E-state index in [1.165, 1.54) is 0 Å². The zero-order chi connectivity index (χ0) is 13.1. The Bertz CT molecular complexity index is 261. The van der Waals surface area contributed by atoms with Gasteiger partial charge >= 0.3 is 7.60 Å². The number of nitrogens with zero attached hydrogens (tertiary/aromatic N) is 1. The molecule has 0 bridgehead atoms. The van der Waals surface area contributed by atoms with Crippen LogP contribution in [0, 0.1) is 17.2 Å². The fourth-order valence-corrected chi connectivity index (χ4v) is 3.07. The Morgan fingerprint density at radius 1 is 1.18 bits per heavy atom. The average Bonchev–Trinajstić information content (AvgIpc) is 2.29. The van der Waals surface area contributed by atoms with Crippen molar-refractivity contribution in [2.75, 3.05) is 19.4 Å². The van der Waals surface area contributed by atoms with E-state index in [0.29, 0.717) is 13.2 Å². The van der Waals surface area contributed by atoms with Crippen LogP contribution in [0.5, 0.6) is 0 Å². The molecule has 0 aliphatic heterocycles. The third kappa shape index (κ3) is 8.37. The summed E-state index contributed by atoms with van der Waals surface area (Å²) >= 11 is 0. The third-order valence-corrected chi connectivity index (χ3v) is 4.44. The summed E-state index contributed by atoms with van der Waals surface area (Å²) in [7, 11) is -3.07. The maximum Gasteiger partial charge on any atom is 0.331 e. The molecule has 0 radical (unpaired) electrons. The fourth-order valence-electron chi connectivity index (χ4n) is 1.21. The molecular formula is C12H24NO3P. The largest absolute Gasteiger partial charge is 0.331 e. The second-order valence-corrected chi connectivity index (χ2v) is 6.30. The fraction of sp³-hybridized carbons (Fsp3) is 0.917. The SMILES string of the molecule is CCCCOP(=O)(C[C@@H](C)C#N)OCCCC. The van der Waals surface area contributed by atoms with Gasteiger partial charge in [0.05, 0.1) is 31.4 Å². The van der Waals surface area contributed by atoms with Crippen molar-refractivity contribution in [1.82, 2.24) is 0 Å². The van der Waals surface area contributed by atoms with Crippen LogP contribution in [0.4, 0.5) is 0 Å². The number of hydrogen-bond donors (Lipinski definition) is 0. The predicted octanol–water partition coefficient (Wildman–Crippen LogP) is 3.97. The van der Waals surface area contributed by atoms with Gasteiger partial charge in [-0.05, 0) is 19.8 Å². The number of nitriles is 1. The van der Waals surface area contributed by atoms with Crippen LogP contribution in [-0.2, 0) is 13.6 Å². The van der Waals surface area contributed by atoms with E-state index in [1.54, 1.807) is 6.92 Å². The molecule has 100 valence electrons. The highest BCUT2D eigenvalue weighted by molar-refractivity contribution is 7.53. The Morgan fingerprint density at radius 3 is 2.00 bits per heavy atom. The van der Waals surface area contributed by atoms with Gasteiger partial charge in [-0.1, -0.05) is 26.7 Å². The first kappa shape index (κ1) is 16.6. The van der Waals surface area contributed by atoms with Crippen molar-refractivity contribution in [1.29, 1.82) is 5.26 Å². The lowest BCUT2D eigenvalue weighted by Crippen LogP contribution is -2.07. The minimum Gasteiger partial charge on any atom is -0.309 e. The molecule has 0 spiro atoms. The molecule has 0 N–H and O–H groups in total. The van der Waals surface area contributed by atoms with Gasteiger partial charge in [-0.2, -0.15) is 5.26 Å². The van der Waals surface area contributed by atoms with Gasteiger partial charge in [-0.25, -0.2) is 0 Å². The van der Waals surface area contributed by atoms with E-state index < -0.39 is 7.60 Å². The smallest absolute Gasteiger partial charge is 0.309 e. The summed E-state index contributed by atoms with van der Waals surface area (Å²) < 4.78 is 23.1. The van der Waals surface area contributed by atoms with Gasteiger partial charge in [0.1, 0.15) is 0 Å². The summed E-state index contributed by atoms with van der Waals surface area (Å²) in [5, 5.41) is 8.76. The summed E-state index contributed by atoms with van der Waals surface area (Å²) in [5.41, 5.74) is 0. The highest BCUT2D eigenvalue weighted by Crippen LogP contribution is 2.49. The lowest BCUT2D eigenvalue weighted by molar-refractivity contribution is 0.198. The van der Waals surface area contributed by atoms with Crippen LogP contribution in [0.25, 0.3) is 0 Å². The van der Waals surface area contributed by atoms with Crippen LogP contribution in [0.3, 0.4) is 0 Å². The maximum atomic E-state index is 12.3. The van der Waals surface area contributed by atoms with Crippen LogP contribution in [0.15, 0.2) is 0 Å². The van der Waals surface area contributed by atoms with Crippen molar-refractivity contribution in [2.45, 2.75) is 46.5 Å². The van der Waals surface area contributed by atoms with Crippen LogP contribution < -0.4 is 0 Å². The molecule has 0 heterocycles. The lowest BCUT2D eigenvalue weighted by atomic mass is 10.3. The van der Waals surface area contributed by atoms with Crippen molar-refractivity contribution in [2.24, 2.45) is 5.92 Å². The molecule has 4 nitrogen and oxygen atoms in total. The summed E-state index contributed by atoms with van der Waals surface area (Å²) in [6, 6.07) is 2.07. The van der Waals surface area contributed by atoms with E-state index in [2.05, 4.69) is 6.07 Å². The van der Waals surface area contributed by atoms with E-state index in [9.17, 15) is 4.57 Å². The second-order valence-electron chi connectivity index (χ2n) is 4.20. The first-order valence-electron chi connectivity index (χ1n) is 6.35. The lowest BCUT2D eigenvalue weighted by Gasteiger charge is -2.19. The van der Waals surface area contributed by atoms with Crippen LogP contribution >= 0.6 is 7.60 Å². The molecule has 5 heteroatoms. The normalized spacial score (nSPS) is 13.3. The first-order chi connectivity index (χ1) is 8.08. The second kappa shape index (κ2) is 9.65. The van der Waals surface area contributed by atoms with E-state index in [0.717, 1.165) is 25.7 Å². The highest BCUT2D eigenvalue weighted by Gasteiger charge is 2.27. The van der Waals surface area contributed by atoms with Gasteiger partial charge in [0, 0.05) is 0 Å². The van der Waals surface area contributed by atoms with Gasteiger partial charge in [0.2, 0.25) is 0 Å². The molecular weight excluding hydrogens is 237 g/mol. The molecule has 0 saturated heterocycles. The summed E-state index contributed by atoms with van der Waals surface area (Å²) in [4.78, 5) is 0. The van der Waals surface area contributed by atoms with E-state index in [-0.39, 0.29) is 12.1 Å². The predicted molar refractivity (Wildman–Crippen MR) is 69.0 cm³/mol. The molecule has 0 aliphatic carbocycles. The standard InChI is InChI=1S/C12H24NO3P/c1-4-6-8-15-17(14,11-12(3)10-13)16-9-7-5-2/h12H,4-9,11H2,1-3H3/t12-/m0/s1. The van der Waals surface area contributed by atoms with Crippen LogP contribution in [-0.4, -0.2) is 19.4 Å². The number of hydrogen-bond acceptors (Lipinski definition) is 4. The van der Waals surface area contributed by atoms with Gasteiger partial charge in [0.15, 0.2) is 0 Å². The van der Waals surface area contributed by atoms with Crippen molar-refractivity contribution < 1.29 is 13.6 Å². The Kier molecular flexibility index (Phi) is 9.44. The molecule has 0 unspecified atom stereocenters. The topological polar surface area (TPSA) is 59.3 Å². The zero-order valence-corrected chi connectivity index (χ0v) is 12.0. The molecule has 1 atom stereocenters. The maximum absolute atomic E-state index is 12.3. The van der Waals surface area contributed by atoms with Gasteiger partial charge in [0.25, 0.3) is 0 Å². The van der Waals surface area contributed by atoms with Crippen LogP contribution in [0.1, 0.15) is 46.5 Å². The van der Waals surface area contributed by atoms with Crippen molar-refractivity contribution in [3.8, 4) is 6.07 Å². The number of unbranched alkanes of at least 4 members (excludes halogenated alkanes) is 2. The first-order valence-corrected chi connectivity index (χ1v) is 8.08. The van der Waals surface area contributed by atoms with Crippen molar-refractivity contribution in [3.63, 3.8) is 0 Å². The van der Waals surface area contributed by atoms with Gasteiger partial charge in [-0.15, -0.1) is 0 Å². The average molecular weight is 261 g/mol. The molecule has 17 heavy (non-hydrogen) atoms. The van der Waals surface area contributed by atoms with E-state index in [4.69, 9.17) is 14.3 Å².